The van der Waals surface area contributed by atoms with Gasteiger partial charge in [-0.15, -0.1) is 0 Å². The van der Waals surface area contributed by atoms with Crippen molar-refractivity contribution in [2.45, 2.75) is 31.1 Å². The summed E-state index contributed by atoms with van der Waals surface area (Å²) in [4.78, 5) is 29.6. The molecular weight excluding hydrogens is 370 g/mol. The van der Waals surface area contributed by atoms with Gasteiger partial charge in [-0.25, -0.2) is 4.98 Å². The number of carbonyl (C=O) groups excluding carboxylic acids is 2. The lowest BCUT2D eigenvalue weighted by atomic mass is 10.0. The van der Waals surface area contributed by atoms with Crippen LogP contribution in [0.25, 0.3) is 0 Å². The molecule has 2 aliphatic carbocycles. The first kappa shape index (κ1) is 19.5. The van der Waals surface area contributed by atoms with Gasteiger partial charge in [-0.05, 0) is 42.4 Å². The van der Waals surface area contributed by atoms with E-state index in [-0.39, 0.29) is 29.7 Å². The summed E-state index contributed by atoms with van der Waals surface area (Å²) < 4.78 is 5.64. The SMILES string of the molecule is CNC(=O)c1cc(C(=O)NC2[C@H]3CC(O)C[C@@H]23)cc([C@@H](OC)c2ccccc2)n1. The fourth-order valence-corrected chi connectivity index (χ4v) is 4.38. The third-order valence-corrected chi connectivity index (χ3v) is 5.89. The number of rotatable bonds is 6. The van der Waals surface area contributed by atoms with Crippen molar-refractivity contribution in [3.8, 4) is 0 Å². The highest BCUT2D eigenvalue weighted by Gasteiger charge is 2.56. The van der Waals surface area contributed by atoms with Gasteiger partial charge in [0, 0.05) is 25.8 Å². The molecule has 2 fully saturated rings. The van der Waals surface area contributed by atoms with Crippen LogP contribution in [0.15, 0.2) is 42.5 Å². The Balaban J connectivity index is 1.62. The molecule has 0 spiro atoms. The van der Waals surface area contributed by atoms with Crippen LogP contribution >= 0.6 is 0 Å². The van der Waals surface area contributed by atoms with E-state index >= 15 is 0 Å². The number of aliphatic hydroxyl groups excluding tert-OH is 1. The predicted octanol–water partition coefficient (Wildman–Crippen LogP) is 1.68. The van der Waals surface area contributed by atoms with Gasteiger partial charge in [-0.1, -0.05) is 30.3 Å². The summed E-state index contributed by atoms with van der Waals surface area (Å²) in [6.07, 6.45) is 0.725. The lowest BCUT2D eigenvalue weighted by Gasteiger charge is -2.17. The first-order valence-electron chi connectivity index (χ1n) is 9.82. The number of methoxy groups -OCH3 is 1. The molecule has 7 nitrogen and oxygen atoms in total. The molecular formula is C22H25N3O4. The van der Waals surface area contributed by atoms with Gasteiger partial charge in [-0.3, -0.25) is 9.59 Å². The monoisotopic (exact) mass is 395 g/mol. The molecule has 2 saturated carbocycles. The minimum Gasteiger partial charge on any atom is -0.393 e. The van der Waals surface area contributed by atoms with Crippen LogP contribution in [0, 0.1) is 11.8 Å². The molecule has 0 bridgehead atoms. The number of aliphatic hydroxyl groups is 1. The molecule has 1 aromatic carbocycles. The first-order chi connectivity index (χ1) is 14.0. The van der Waals surface area contributed by atoms with Crippen LogP contribution in [0.2, 0.25) is 0 Å². The Kier molecular flexibility index (Phi) is 5.34. The van der Waals surface area contributed by atoms with Crippen LogP contribution in [0.1, 0.15) is 51.0 Å². The summed E-state index contributed by atoms with van der Waals surface area (Å²) >= 11 is 0. The van der Waals surface area contributed by atoms with Gasteiger partial charge in [0.25, 0.3) is 11.8 Å². The Morgan fingerprint density at radius 3 is 2.45 bits per heavy atom. The van der Waals surface area contributed by atoms with E-state index in [0.29, 0.717) is 23.1 Å². The lowest BCUT2D eigenvalue weighted by Crippen LogP contribution is -2.31. The molecule has 152 valence electrons. The van der Waals surface area contributed by atoms with Crippen molar-refractivity contribution in [1.29, 1.82) is 0 Å². The van der Waals surface area contributed by atoms with Gasteiger partial charge >= 0.3 is 0 Å². The molecule has 0 radical (unpaired) electrons. The topological polar surface area (TPSA) is 101 Å². The molecule has 0 aliphatic heterocycles. The molecule has 3 N–H and O–H groups in total. The lowest BCUT2D eigenvalue weighted by molar-refractivity contribution is 0.0935. The van der Waals surface area contributed by atoms with Gasteiger partial charge < -0.3 is 20.5 Å². The van der Waals surface area contributed by atoms with Gasteiger partial charge in [0.05, 0.1) is 11.8 Å². The van der Waals surface area contributed by atoms with Crippen LogP contribution in [-0.2, 0) is 4.74 Å². The zero-order valence-corrected chi connectivity index (χ0v) is 16.5. The quantitative estimate of drug-likeness (QED) is 0.691. The normalized spacial score (nSPS) is 25.8. The minimum absolute atomic E-state index is 0.0957. The molecule has 1 heterocycles. The molecule has 7 heteroatoms. The molecule has 2 amide bonds. The van der Waals surface area contributed by atoms with E-state index in [4.69, 9.17) is 4.74 Å². The van der Waals surface area contributed by atoms with Crippen LogP contribution in [-0.4, -0.2) is 48.2 Å². The second-order valence-electron chi connectivity index (χ2n) is 7.72. The number of pyridine rings is 1. The predicted molar refractivity (Wildman–Crippen MR) is 106 cm³/mol. The number of hydrogen-bond donors (Lipinski definition) is 3. The summed E-state index contributed by atoms with van der Waals surface area (Å²) in [6.45, 7) is 0. The van der Waals surface area contributed by atoms with Crippen molar-refractivity contribution in [2.75, 3.05) is 14.2 Å². The van der Waals surface area contributed by atoms with Crippen molar-refractivity contribution in [2.24, 2.45) is 11.8 Å². The third kappa shape index (κ3) is 3.88. The first-order valence-corrected chi connectivity index (χ1v) is 9.82. The number of aromatic nitrogens is 1. The Morgan fingerprint density at radius 2 is 1.83 bits per heavy atom. The molecule has 2 unspecified atom stereocenters. The number of amides is 2. The maximum absolute atomic E-state index is 12.9. The molecule has 2 aliphatic rings. The summed E-state index contributed by atoms with van der Waals surface area (Å²) in [7, 11) is 3.10. The van der Waals surface area contributed by atoms with Crippen molar-refractivity contribution in [1.82, 2.24) is 15.6 Å². The third-order valence-electron chi connectivity index (χ3n) is 5.89. The number of nitrogens with zero attached hydrogens (tertiary/aromatic N) is 1. The summed E-state index contributed by atoms with van der Waals surface area (Å²) in [5.74, 6) is 0.0975. The molecule has 29 heavy (non-hydrogen) atoms. The van der Waals surface area contributed by atoms with Crippen LogP contribution in [0.4, 0.5) is 0 Å². The molecule has 2 aromatic rings. The van der Waals surface area contributed by atoms with Crippen LogP contribution in [0.5, 0.6) is 0 Å². The summed E-state index contributed by atoms with van der Waals surface area (Å²) in [5.41, 5.74) is 1.92. The second-order valence-corrected chi connectivity index (χ2v) is 7.72. The highest BCUT2D eigenvalue weighted by atomic mass is 16.5. The molecule has 0 saturated heterocycles. The van der Waals surface area contributed by atoms with Gasteiger partial charge in [-0.2, -0.15) is 0 Å². The van der Waals surface area contributed by atoms with E-state index in [0.717, 1.165) is 18.4 Å². The number of nitrogens with one attached hydrogen (secondary N) is 2. The van der Waals surface area contributed by atoms with Gasteiger partial charge in [0.1, 0.15) is 11.8 Å². The van der Waals surface area contributed by atoms with Crippen molar-refractivity contribution < 1.29 is 19.4 Å². The fourth-order valence-electron chi connectivity index (χ4n) is 4.38. The van der Waals surface area contributed by atoms with Crippen LogP contribution < -0.4 is 10.6 Å². The standard InChI is InChI=1S/C22H25N3O4/c1-23-22(28)18-9-13(21(27)25-19-15-10-14(26)11-16(15)19)8-17(24-18)20(29-2)12-6-4-3-5-7-12/h3-9,14-16,19-20,26H,10-11H2,1-2H3,(H,23,28)(H,25,27)/t14?,15-,16+,19?,20-/m0/s1. The van der Waals surface area contributed by atoms with E-state index in [1.807, 2.05) is 30.3 Å². The van der Waals surface area contributed by atoms with E-state index in [9.17, 15) is 14.7 Å². The molecule has 4 rings (SSSR count). The second kappa shape index (κ2) is 7.93. The maximum atomic E-state index is 12.9. The van der Waals surface area contributed by atoms with E-state index in [2.05, 4.69) is 15.6 Å². The molecule has 5 atom stereocenters. The summed E-state index contributed by atoms with van der Waals surface area (Å²) in [5, 5.41) is 15.3. The van der Waals surface area contributed by atoms with Crippen LogP contribution in [0.3, 0.4) is 0 Å². The Hall–Kier alpha value is -2.77. The van der Waals surface area contributed by atoms with Gasteiger partial charge in [0.2, 0.25) is 0 Å². The number of carbonyl (C=O) groups is 2. The van der Waals surface area contributed by atoms with E-state index in [1.165, 1.54) is 13.1 Å². The fraction of sp³-hybridized carbons (Fsp3) is 0.409. The largest absolute Gasteiger partial charge is 0.393 e. The molecule has 1 aromatic heterocycles. The van der Waals surface area contributed by atoms with Crippen molar-refractivity contribution in [3.05, 3.63) is 65.0 Å². The van der Waals surface area contributed by atoms with E-state index < -0.39 is 6.10 Å². The summed E-state index contributed by atoms with van der Waals surface area (Å²) in [6, 6.07) is 12.8. The smallest absolute Gasteiger partial charge is 0.269 e. The average Bonchev–Trinajstić information content (AvgIpc) is 3.18. The number of ether oxygens (including phenoxy) is 1. The number of fused-ring (bicyclic) bond motifs is 1. The average molecular weight is 395 g/mol. The van der Waals surface area contributed by atoms with E-state index in [1.54, 1.807) is 13.2 Å². The van der Waals surface area contributed by atoms with Crippen molar-refractivity contribution in [3.63, 3.8) is 0 Å². The highest BCUT2D eigenvalue weighted by molar-refractivity contribution is 5.99. The maximum Gasteiger partial charge on any atom is 0.269 e. The Labute approximate surface area is 169 Å². The zero-order chi connectivity index (χ0) is 20.5. The highest BCUT2D eigenvalue weighted by Crippen LogP contribution is 2.52. The minimum atomic E-state index is -0.497. The van der Waals surface area contributed by atoms with Crippen molar-refractivity contribution >= 4 is 11.8 Å². The number of benzene rings is 1. The zero-order valence-electron chi connectivity index (χ0n) is 16.5. The Morgan fingerprint density at radius 1 is 1.14 bits per heavy atom. The Bertz CT molecular complexity index is 906. The number of hydrogen-bond acceptors (Lipinski definition) is 5. The van der Waals surface area contributed by atoms with Gasteiger partial charge in [0.15, 0.2) is 0 Å².